The van der Waals surface area contributed by atoms with Gasteiger partial charge < -0.3 is 16.2 Å². The van der Waals surface area contributed by atoms with E-state index in [9.17, 15) is 13.5 Å². The first kappa shape index (κ1) is 16.1. The summed E-state index contributed by atoms with van der Waals surface area (Å²) < 4.78 is 23.3. The fourth-order valence-electron chi connectivity index (χ4n) is 2.76. The van der Waals surface area contributed by atoms with Crippen molar-refractivity contribution in [2.75, 3.05) is 23.9 Å². The minimum absolute atomic E-state index is 0.122. The van der Waals surface area contributed by atoms with Crippen LogP contribution in [0.4, 0.5) is 11.4 Å². The normalized spacial score (nSPS) is 26.5. The molecule has 0 amide bonds. The summed E-state index contributed by atoms with van der Waals surface area (Å²) in [5.41, 5.74) is 5.97. The first-order valence-corrected chi connectivity index (χ1v) is 9.15. The van der Waals surface area contributed by atoms with Gasteiger partial charge in [-0.05, 0) is 43.7 Å². The van der Waals surface area contributed by atoms with Crippen LogP contribution in [0.15, 0.2) is 23.1 Å². The molecule has 0 unspecified atom stereocenters. The molecule has 21 heavy (non-hydrogen) atoms. The van der Waals surface area contributed by atoms with Crippen molar-refractivity contribution in [1.82, 2.24) is 0 Å². The van der Waals surface area contributed by atoms with Crippen molar-refractivity contribution < 1.29 is 13.5 Å². The molecule has 0 heterocycles. The third kappa shape index (κ3) is 3.89. The van der Waals surface area contributed by atoms with Crippen molar-refractivity contribution in [3.8, 4) is 0 Å². The van der Waals surface area contributed by atoms with Crippen LogP contribution in [0.25, 0.3) is 0 Å². The van der Waals surface area contributed by atoms with Gasteiger partial charge >= 0.3 is 0 Å². The lowest BCUT2D eigenvalue weighted by Crippen LogP contribution is -2.40. The van der Waals surface area contributed by atoms with Gasteiger partial charge in [-0.25, -0.2) is 8.42 Å². The van der Waals surface area contributed by atoms with E-state index in [0.29, 0.717) is 18.2 Å². The van der Waals surface area contributed by atoms with E-state index in [4.69, 9.17) is 5.73 Å². The quantitative estimate of drug-likeness (QED) is 0.740. The molecule has 5 nitrogen and oxygen atoms in total. The van der Waals surface area contributed by atoms with Gasteiger partial charge in [0.2, 0.25) is 0 Å². The van der Waals surface area contributed by atoms with Crippen molar-refractivity contribution in [3.05, 3.63) is 18.2 Å². The van der Waals surface area contributed by atoms with E-state index in [1.807, 2.05) is 0 Å². The Morgan fingerprint density at radius 1 is 1.38 bits per heavy atom. The monoisotopic (exact) mass is 312 g/mol. The topological polar surface area (TPSA) is 92.4 Å². The summed E-state index contributed by atoms with van der Waals surface area (Å²) in [6.45, 7) is 2.58. The molecule has 1 aromatic carbocycles. The number of nitrogens with two attached hydrogens (primary N) is 1. The Bertz CT molecular complexity index is 605. The first-order valence-electron chi connectivity index (χ1n) is 7.26. The van der Waals surface area contributed by atoms with Crippen molar-refractivity contribution in [3.63, 3.8) is 0 Å². The Kier molecular flexibility index (Phi) is 4.49. The van der Waals surface area contributed by atoms with Gasteiger partial charge in [0, 0.05) is 12.8 Å². The lowest BCUT2D eigenvalue weighted by molar-refractivity contribution is 0.00502. The van der Waals surface area contributed by atoms with Gasteiger partial charge in [0.25, 0.3) is 0 Å². The van der Waals surface area contributed by atoms with E-state index >= 15 is 0 Å². The van der Waals surface area contributed by atoms with Gasteiger partial charge in [-0.3, -0.25) is 0 Å². The molecule has 4 N–H and O–H groups in total. The highest BCUT2D eigenvalue weighted by Gasteiger charge is 2.31. The highest BCUT2D eigenvalue weighted by molar-refractivity contribution is 7.90. The molecule has 118 valence electrons. The summed E-state index contributed by atoms with van der Waals surface area (Å²) in [5.74, 6) is 0.656. The smallest absolute Gasteiger partial charge is 0.177 e. The van der Waals surface area contributed by atoms with E-state index in [2.05, 4.69) is 12.2 Å². The van der Waals surface area contributed by atoms with Crippen molar-refractivity contribution in [2.45, 2.75) is 43.1 Å². The van der Waals surface area contributed by atoms with Gasteiger partial charge in [0.1, 0.15) is 0 Å². The summed E-state index contributed by atoms with van der Waals surface area (Å²) >= 11 is 0. The molecule has 0 atom stereocenters. The minimum Gasteiger partial charge on any atom is -0.396 e. The predicted octanol–water partition coefficient (Wildman–Crippen LogP) is 2.03. The van der Waals surface area contributed by atoms with Crippen LogP contribution in [-0.4, -0.2) is 31.9 Å². The van der Waals surface area contributed by atoms with Crippen LogP contribution in [0, 0.1) is 5.92 Å². The number of sulfone groups is 1. The lowest BCUT2D eigenvalue weighted by atomic mass is 9.79. The van der Waals surface area contributed by atoms with Crippen LogP contribution in [0.1, 0.15) is 32.6 Å². The summed E-state index contributed by atoms with van der Waals surface area (Å²) in [5, 5.41) is 13.7. The summed E-state index contributed by atoms with van der Waals surface area (Å²) in [4.78, 5) is 0.122. The molecule has 0 radical (unpaired) electrons. The number of hydrogen-bond donors (Lipinski definition) is 3. The number of benzene rings is 1. The van der Waals surface area contributed by atoms with Crippen LogP contribution in [0.3, 0.4) is 0 Å². The second-order valence-electron chi connectivity index (χ2n) is 6.25. The van der Waals surface area contributed by atoms with Gasteiger partial charge in [-0.15, -0.1) is 0 Å². The Morgan fingerprint density at radius 2 is 2.00 bits per heavy atom. The van der Waals surface area contributed by atoms with E-state index in [-0.39, 0.29) is 10.6 Å². The molecule has 1 aliphatic carbocycles. The molecular formula is C15H24N2O3S. The SMILES string of the molecule is CC1CCC(O)(CNc2cccc(S(C)(=O)=O)c2N)CC1. The summed E-state index contributed by atoms with van der Waals surface area (Å²) in [7, 11) is -3.35. The highest BCUT2D eigenvalue weighted by Crippen LogP contribution is 2.33. The van der Waals surface area contributed by atoms with Crippen LogP contribution in [0.2, 0.25) is 0 Å². The van der Waals surface area contributed by atoms with Gasteiger partial charge in [0.15, 0.2) is 9.84 Å². The van der Waals surface area contributed by atoms with Crippen molar-refractivity contribution in [2.24, 2.45) is 5.92 Å². The molecule has 2 rings (SSSR count). The third-order valence-electron chi connectivity index (χ3n) is 4.28. The molecule has 0 aromatic heterocycles. The fraction of sp³-hybridized carbons (Fsp3) is 0.600. The van der Waals surface area contributed by atoms with E-state index < -0.39 is 15.4 Å². The zero-order valence-corrected chi connectivity index (χ0v) is 13.4. The number of rotatable bonds is 4. The minimum atomic E-state index is -3.35. The van der Waals surface area contributed by atoms with E-state index in [1.165, 1.54) is 6.07 Å². The Morgan fingerprint density at radius 3 is 2.57 bits per heavy atom. The largest absolute Gasteiger partial charge is 0.396 e. The lowest BCUT2D eigenvalue weighted by Gasteiger charge is -2.35. The molecule has 1 aromatic rings. The van der Waals surface area contributed by atoms with E-state index in [1.54, 1.807) is 12.1 Å². The van der Waals surface area contributed by atoms with Gasteiger partial charge in [-0.2, -0.15) is 0 Å². The predicted molar refractivity (Wildman–Crippen MR) is 85.0 cm³/mol. The van der Waals surface area contributed by atoms with Crippen LogP contribution < -0.4 is 11.1 Å². The molecule has 0 bridgehead atoms. The van der Waals surface area contributed by atoms with E-state index in [0.717, 1.165) is 31.9 Å². The fourth-order valence-corrected chi connectivity index (χ4v) is 3.59. The zero-order chi connectivity index (χ0) is 15.7. The van der Waals surface area contributed by atoms with Gasteiger partial charge in [0.05, 0.1) is 21.9 Å². The van der Waals surface area contributed by atoms with Crippen LogP contribution in [0.5, 0.6) is 0 Å². The molecule has 1 saturated carbocycles. The van der Waals surface area contributed by atoms with Crippen molar-refractivity contribution >= 4 is 21.2 Å². The summed E-state index contributed by atoms with van der Waals surface area (Å²) in [6.07, 6.45) is 4.67. The standard InChI is InChI=1S/C15H24N2O3S/c1-11-6-8-15(18,9-7-11)10-17-12-4-3-5-13(14(12)16)21(2,19)20/h3-5,11,17-18H,6-10,16H2,1-2H3. The van der Waals surface area contributed by atoms with Crippen LogP contribution in [-0.2, 0) is 9.84 Å². The molecule has 6 heteroatoms. The maximum absolute atomic E-state index is 11.7. The molecule has 0 aliphatic heterocycles. The molecule has 0 spiro atoms. The molecule has 0 saturated heterocycles. The van der Waals surface area contributed by atoms with Crippen LogP contribution >= 0.6 is 0 Å². The number of hydrogen-bond acceptors (Lipinski definition) is 5. The Labute approximate surface area is 126 Å². The second kappa shape index (κ2) is 5.85. The maximum Gasteiger partial charge on any atom is 0.177 e. The number of para-hydroxylation sites is 1. The number of anilines is 2. The average molecular weight is 312 g/mol. The zero-order valence-electron chi connectivity index (χ0n) is 12.6. The number of nitrogen functional groups attached to an aromatic ring is 1. The molecule has 1 fully saturated rings. The molecule has 1 aliphatic rings. The number of aliphatic hydroxyl groups is 1. The highest BCUT2D eigenvalue weighted by atomic mass is 32.2. The molecular weight excluding hydrogens is 288 g/mol. The van der Waals surface area contributed by atoms with Crippen molar-refractivity contribution in [1.29, 1.82) is 0 Å². The first-order chi connectivity index (χ1) is 9.71. The Balaban J connectivity index is 2.11. The second-order valence-corrected chi connectivity index (χ2v) is 8.23. The third-order valence-corrected chi connectivity index (χ3v) is 5.43. The average Bonchev–Trinajstić information content (AvgIpc) is 2.40. The number of nitrogens with one attached hydrogen (secondary N) is 1. The summed E-state index contributed by atoms with van der Waals surface area (Å²) in [6, 6.07) is 4.88. The van der Waals surface area contributed by atoms with Gasteiger partial charge in [-0.1, -0.05) is 13.0 Å². The Hall–Kier alpha value is -1.27. The maximum atomic E-state index is 11.7.